The van der Waals surface area contributed by atoms with Crippen LogP contribution in [-0.2, 0) is 25.0 Å². The predicted molar refractivity (Wildman–Crippen MR) is 379 cm³/mol. The van der Waals surface area contributed by atoms with Crippen LogP contribution in [0.1, 0.15) is 115 Å². The minimum atomic E-state index is -4.12. The maximum absolute atomic E-state index is 15.2. The molecule has 0 unspecified atom stereocenters. The number of ether oxygens (including phenoxy) is 8. The van der Waals surface area contributed by atoms with Gasteiger partial charge in [-0.2, -0.15) is 17.2 Å². The molecule has 5 aromatic carbocycles. The summed E-state index contributed by atoms with van der Waals surface area (Å²) in [5.41, 5.74) is 8.30. The number of hydrogen-bond donors (Lipinski definition) is 6. The smallest absolute Gasteiger partial charge is 0.380 e. The number of nitrogens with one attached hydrogen (secondary N) is 1. The van der Waals surface area contributed by atoms with Crippen LogP contribution < -0.4 is 48.9 Å². The molecule has 3 saturated heterocycles. The molecule has 1 amide bonds. The second kappa shape index (κ2) is 37.1. The third-order valence-corrected chi connectivity index (χ3v) is 18.4. The summed E-state index contributed by atoms with van der Waals surface area (Å²) in [4.78, 5) is 17.4. The van der Waals surface area contributed by atoms with E-state index in [0.29, 0.717) is 128 Å². The number of nitrogens with two attached hydrogens (primary N) is 1. The summed E-state index contributed by atoms with van der Waals surface area (Å²) in [5.74, 6) is -11.0. The SMILES string of the molecule is C.C.C.C.C[C@H](CN1CCC(F)(F)C1)[C@H](O)c1ccc2c(c1)OCCO2.C[C@H](COS(C)(=O)=O)[C@H](O)c1ccc2c(c1)OCCO2.N[C@H](CN1CCC(F)(F)C1)[C@H](O)c1ccc2c(c1)OCCO2.O=C(N[C@H](CN1CCC(F)(F)C1)[C@H](O)c1ccc2c(c1)OCCO2)C(F)(F)c1cc2cc(Cl)ccc2o1. The fourth-order valence-electron chi connectivity index (χ4n) is 12.3. The molecule has 8 atom stereocenters. The van der Waals surface area contributed by atoms with Crippen molar-refractivity contribution in [3.05, 3.63) is 130 Å². The van der Waals surface area contributed by atoms with Crippen molar-refractivity contribution in [1.29, 1.82) is 0 Å². The summed E-state index contributed by atoms with van der Waals surface area (Å²) in [5, 5.41) is 44.9. The molecule has 13 rings (SSSR count). The molecule has 1 aromatic heterocycles. The van der Waals surface area contributed by atoms with Crippen molar-refractivity contribution >= 4 is 38.6 Å². The van der Waals surface area contributed by atoms with Crippen LogP contribution >= 0.6 is 11.6 Å². The number of alkyl halides is 8. The van der Waals surface area contributed by atoms with Gasteiger partial charge in [0.25, 0.3) is 33.8 Å². The highest BCUT2D eigenvalue weighted by atomic mass is 35.5. The molecular formula is C73H98ClF8N5O17S. The quantitative estimate of drug-likeness (QED) is 0.0306. The number of carbonyl (C=O) groups is 1. The van der Waals surface area contributed by atoms with Crippen molar-refractivity contribution in [1.82, 2.24) is 20.0 Å². The largest absolute Gasteiger partial charge is 0.486 e. The molecule has 0 saturated carbocycles. The van der Waals surface area contributed by atoms with Gasteiger partial charge in [0.1, 0.15) is 64.5 Å². The van der Waals surface area contributed by atoms with E-state index < -0.39 is 94.9 Å². The predicted octanol–water partition coefficient (Wildman–Crippen LogP) is 11.8. The van der Waals surface area contributed by atoms with Crippen LogP contribution in [0.3, 0.4) is 0 Å². The van der Waals surface area contributed by atoms with Crippen LogP contribution in [0.5, 0.6) is 46.0 Å². The average Bonchev–Trinajstić information content (AvgIpc) is 1.66. The number of likely N-dealkylation sites (tertiary alicyclic amines) is 3. The Morgan fingerprint density at radius 2 is 0.895 bits per heavy atom. The van der Waals surface area contributed by atoms with E-state index in [2.05, 4.69) is 5.32 Å². The van der Waals surface area contributed by atoms with E-state index >= 15 is 8.78 Å². The van der Waals surface area contributed by atoms with Crippen LogP contribution in [0.15, 0.2) is 101 Å². The van der Waals surface area contributed by atoms with Crippen molar-refractivity contribution in [2.75, 3.05) is 125 Å². The summed E-state index contributed by atoms with van der Waals surface area (Å²) >= 11 is 5.90. The topological polar surface area (TPSA) is 276 Å². The molecule has 3 fully saturated rings. The standard InChI is InChI=1S/C25H23ClF4N2O5.C16H21F2NO3.C15H20F2N2O3.C13H18O6S.4CH4/c26-16-2-4-18-15(9-16)11-21(37-18)25(29,30)23(34)31-17(12-32-6-5-24(27,28)13-32)22(33)14-1-3-19-20(10-14)36-8-7-35-19;1-11(9-19-5-4-16(17,18)10-19)15(20)12-2-3-13-14(8-12)22-7-6-21-13;16-15(17)3-4-19(9-15)8-11(18)14(20)10-1-2-12-13(7-10)22-6-5-21-12;1-9(8-19-20(2,15)16)13(14)10-3-4-11-12(7-10)18-6-5-17-11;;;;/h1-4,9-11,17,22,33H,5-8,12-13H2,(H,31,34);2-3,8,11,15,20H,4-7,9-10H2,1H3;1-2,7,11,14,20H,3-6,8-9,18H2;3-4,7,9,13-14H,5-6,8H2,1-2H3;4*1H4/t17-,22-;11-,15+;11-,14-;9-,13+;;;;/m1111..../s1. The van der Waals surface area contributed by atoms with Gasteiger partial charge in [-0.25, -0.2) is 26.3 Å². The molecule has 0 spiro atoms. The minimum Gasteiger partial charge on any atom is -0.486 e. The first kappa shape index (κ1) is 86.7. The maximum Gasteiger partial charge on any atom is 0.380 e. The summed E-state index contributed by atoms with van der Waals surface area (Å²) in [6, 6.07) is 23.5. The molecular weight excluding hydrogens is 1440 g/mol. The first-order chi connectivity index (χ1) is 47.8. The molecule has 0 radical (unpaired) electrons. The fourth-order valence-corrected chi connectivity index (χ4v) is 12.9. The number of carbonyl (C=O) groups excluding carboxylic acids is 1. The summed E-state index contributed by atoms with van der Waals surface area (Å²) in [7, 11) is -3.51. The second-order valence-corrected chi connectivity index (χ2v) is 28.0. The summed E-state index contributed by atoms with van der Waals surface area (Å²) in [6.45, 7) is 7.01. The summed E-state index contributed by atoms with van der Waals surface area (Å²) in [6.07, 6.45) is -3.69. The van der Waals surface area contributed by atoms with Gasteiger partial charge < -0.3 is 73.8 Å². The third-order valence-electron chi connectivity index (χ3n) is 17.6. The zero-order valence-electron chi connectivity index (χ0n) is 55.5. The van der Waals surface area contributed by atoms with Crippen molar-refractivity contribution in [3.63, 3.8) is 0 Å². The Balaban J connectivity index is 0.000000224. The Labute approximate surface area is 612 Å². The second-order valence-electron chi connectivity index (χ2n) is 26.0. The first-order valence-corrected chi connectivity index (χ1v) is 35.1. The van der Waals surface area contributed by atoms with Crippen LogP contribution in [0.2, 0.25) is 5.02 Å². The number of aliphatic hydroxyl groups is 4. The Morgan fingerprint density at radius 3 is 1.29 bits per heavy atom. The fraction of sp³-hybridized carbons (Fsp3) is 0.548. The molecule has 7 aliphatic heterocycles. The number of rotatable bonds is 20. The molecule has 105 heavy (non-hydrogen) atoms. The lowest BCUT2D eigenvalue weighted by Crippen LogP contribution is -2.51. The Kier molecular flexibility index (Phi) is 30.6. The van der Waals surface area contributed by atoms with Gasteiger partial charge in [-0.1, -0.05) is 79.4 Å². The monoisotopic (exact) mass is 1540 g/mol. The zero-order chi connectivity index (χ0) is 72.6. The lowest BCUT2D eigenvalue weighted by Gasteiger charge is -2.30. The van der Waals surface area contributed by atoms with E-state index in [4.69, 9.17) is 63.8 Å². The molecule has 8 heterocycles. The average molecular weight is 1540 g/mol. The van der Waals surface area contributed by atoms with Gasteiger partial charge in [0.05, 0.1) is 56.9 Å². The molecule has 0 aliphatic carbocycles. The van der Waals surface area contributed by atoms with Gasteiger partial charge in [0, 0.05) is 80.9 Å². The first-order valence-electron chi connectivity index (χ1n) is 32.9. The normalized spacial score (nSPS) is 19.8. The molecule has 586 valence electrons. The zero-order valence-corrected chi connectivity index (χ0v) is 57.1. The van der Waals surface area contributed by atoms with Gasteiger partial charge in [-0.15, -0.1) is 0 Å². The van der Waals surface area contributed by atoms with E-state index in [0.717, 1.165) is 17.9 Å². The highest BCUT2D eigenvalue weighted by Gasteiger charge is 2.48. The van der Waals surface area contributed by atoms with Crippen molar-refractivity contribution in [2.45, 2.75) is 123 Å². The van der Waals surface area contributed by atoms with Gasteiger partial charge in [0.2, 0.25) is 0 Å². The number of hydrogen-bond acceptors (Lipinski definition) is 21. The number of amides is 1. The van der Waals surface area contributed by atoms with Gasteiger partial charge in [0.15, 0.2) is 51.8 Å². The van der Waals surface area contributed by atoms with Crippen LogP contribution in [0, 0.1) is 11.8 Å². The number of halogens is 9. The Hall–Kier alpha value is -7.17. The maximum atomic E-state index is 15.2. The van der Waals surface area contributed by atoms with Crippen LogP contribution in [-0.4, -0.2) is 204 Å². The van der Waals surface area contributed by atoms with E-state index in [1.165, 1.54) is 35.2 Å². The highest BCUT2D eigenvalue weighted by Crippen LogP contribution is 2.41. The van der Waals surface area contributed by atoms with Crippen molar-refractivity contribution in [3.8, 4) is 46.0 Å². The van der Waals surface area contributed by atoms with Crippen LogP contribution in [0.25, 0.3) is 11.0 Å². The number of furan rings is 1. The molecule has 6 aromatic rings. The van der Waals surface area contributed by atoms with Crippen LogP contribution in [0.4, 0.5) is 35.1 Å². The van der Waals surface area contributed by atoms with E-state index in [9.17, 15) is 60.0 Å². The number of nitrogens with zero attached hydrogens (tertiary/aromatic N) is 3. The van der Waals surface area contributed by atoms with Crippen molar-refractivity contribution in [2.24, 2.45) is 17.6 Å². The van der Waals surface area contributed by atoms with E-state index in [-0.39, 0.29) is 117 Å². The van der Waals surface area contributed by atoms with Gasteiger partial charge in [-0.05, 0) is 101 Å². The van der Waals surface area contributed by atoms with Gasteiger partial charge >= 0.3 is 5.92 Å². The highest BCUT2D eigenvalue weighted by molar-refractivity contribution is 7.86. The van der Waals surface area contributed by atoms with E-state index in [1.54, 1.807) is 77.4 Å². The van der Waals surface area contributed by atoms with Crippen molar-refractivity contribution < 1.29 is 115 Å². The lowest BCUT2D eigenvalue weighted by molar-refractivity contribution is -0.151. The van der Waals surface area contributed by atoms with E-state index in [1.807, 2.05) is 6.92 Å². The molecule has 7 N–H and O–H groups in total. The molecule has 32 heteroatoms. The number of fused-ring (bicyclic) bond motifs is 5. The Bertz CT molecular complexity index is 3830. The third kappa shape index (κ3) is 23.4. The lowest BCUT2D eigenvalue weighted by atomic mass is 9.96. The molecule has 22 nitrogen and oxygen atoms in total. The minimum absolute atomic E-state index is 0. The number of benzene rings is 5. The summed E-state index contributed by atoms with van der Waals surface area (Å²) < 4.78 is 186. The Morgan fingerprint density at radius 1 is 0.533 bits per heavy atom. The number of aliphatic hydroxyl groups excluding tert-OH is 4. The molecule has 0 bridgehead atoms. The molecule has 7 aliphatic rings. The van der Waals surface area contributed by atoms with Gasteiger partial charge in [-0.3, -0.25) is 23.7 Å².